The van der Waals surface area contributed by atoms with Crippen LogP contribution in [-0.2, 0) is 21.9 Å². The topological polar surface area (TPSA) is 115 Å². The molecule has 1 atom stereocenters. The van der Waals surface area contributed by atoms with Gasteiger partial charge in [0, 0.05) is 32.4 Å². The Balaban J connectivity index is 1.55. The number of aromatic nitrogens is 2. The third-order valence-corrected chi connectivity index (χ3v) is 6.95. The quantitative estimate of drug-likeness (QED) is 0.690. The highest BCUT2D eigenvalue weighted by atomic mass is 32.2. The minimum Gasteiger partial charge on any atom is -0.408 e. The van der Waals surface area contributed by atoms with E-state index in [-0.39, 0.29) is 22.9 Å². The van der Waals surface area contributed by atoms with Crippen LogP contribution in [0.4, 0.5) is 5.69 Å². The van der Waals surface area contributed by atoms with Gasteiger partial charge in [-0.15, -0.1) is 0 Å². The van der Waals surface area contributed by atoms with Crippen LogP contribution in [-0.4, -0.2) is 41.3 Å². The maximum Gasteiger partial charge on any atom is 0.419 e. The van der Waals surface area contributed by atoms with E-state index in [1.54, 1.807) is 31.4 Å². The number of hydrogen-bond donors (Lipinski definition) is 1. The lowest BCUT2D eigenvalue weighted by atomic mass is 9.99. The highest BCUT2D eigenvalue weighted by Crippen LogP contribution is 2.26. The summed E-state index contributed by atoms with van der Waals surface area (Å²) in [7, 11) is -2.27. The lowest BCUT2D eigenvalue weighted by Crippen LogP contribution is -2.43. The maximum atomic E-state index is 13.1. The van der Waals surface area contributed by atoms with E-state index in [9.17, 15) is 18.0 Å². The first-order chi connectivity index (χ1) is 13.9. The molecule has 1 aromatic carbocycles. The molecule has 1 saturated heterocycles. The fourth-order valence-electron chi connectivity index (χ4n) is 3.48. The number of hydrogen-bond acceptors (Lipinski definition) is 6. The summed E-state index contributed by atoms with van der Waals surface area (Å²) >= 11 is 0. The van der Waals surface area contributed by atoms with Crippen molar-refractivity contribution in [2.45, 2.75) is 17.7 Å². The van der Waals surface area contributed by atoms with Gasteiger partial charge in [0.1, 0.15) is 0 Å². The second-order valence-electron chi connectivity index (χ2n) is 6.99. The van der Waals surface area contributed by atoms with Gasteiger partial charge in [-0.3, -0.25) is 14.3 Å². The molecule has 0 radical (unpaired) electrons. The van der Waals surface area contributed by atoms with E-state index >= 15 is 0 Å². The molecule has 1 fully saturated rings. The van der Waals surface area contributed by atoms with Gasteiger partial charge in [-0.2, -0.15) is 4.31 Å². The molecule has 0 unspecified atom stereocenters. The van der Waals surface area contributed by atoms with Crippen molar-refractivity contribution in [2.75, 3.05) is 18.4 Å². The van der Waals surface area contributed by atoms with Crippen LogP contribution in [0.3, 0.4) is 0 Å². The Morgan fingerprint density at radius 2 is 2.14 bits per heavy atom. The zero-order chi connectivity index (χ0) is 20.6. The fraction of sp³-hybridized carbons (Fsp3) is 0.316. The van der Waals surface area contributed by atoms with Crippen molar-refractivity contribution in [1.29, 1.82) is 0 Å². The van der Waals surface area contributed by atoms with Crippen molar-refractivity contribution in [2.24, 2.45) is 13.0 Å². The van der Waals surface area contributed by atoms with Crippen molar-refractivity contribution < 1.29 is 17.6 Å². The van der Waals surface area contributed by atoms with Crippen LogP contribution in [0.15, 0.2) is 56.8 Å². The van der Waals surface area contributed by atoms with Gasteiger partial charge >= 0.3 is 5.76 Å². The van der Waals surface area contributed by atoms with Gasteiger partial charge in [0.25, 0.3) is 0 Å². The largest absolute Gasteiger partial charge is 0.419 e. The number of fused-ring (bicyclic) bond motifs is 1. The van der Waals surface area contributed by atoms with Crippen molar-refractivity contribution in [3.63, 3.8) is 0 Å². The van der Waals surface area contributed by atoms with E-state index in [4.69, 9.17) is 4.42 Å². The Labute approximate surface area is 167 Å². The Morgan fingerprint density at radius 3 is 2.90 bits per heavy atom. The van der Waals surface area contributed by atoms with Crippen LogP contribution >= 0.6 is 0 Å². The summed E-state index contributed by atoms with van der Waals surface area (Å²) in [5, 5.41) is 2.78. The summed E-state index contributed by atoms with van der Waals surface area (Å²) < 4.78 is 33.9. The van der Waals surface area contributed by atoms with E-state index in [1.165, 1.54) is 27.2 Å². The molecule has 1 amide bonds. The van der Waals surface area contributed by atoms with Crippen LogP contribution in [0.2, 0.25) is 0 Å². The average Bonchev–Trinajstić information content (AvgIpc) is 3.02. The van der Waals surface area contributed by atoms with Gasteiger partial charge < -0.3 is 9.73 Å². The number of pyridine rings is 1. The third-order valence-electron chi connectivity index (χ3n) is 5.09. The van der Waals surface area contributed by atoms with Gasteiger partial charge in [0.15, 0.2) is 5.58 Å². The summed E-state index contributed by atoms with van der Waals surface area (Å²) in [5.41, 5.74) is 1.30. The fourth-order valence-corrected chi connectivity index (χ4v) is 5.02. The van der Waals surface area contributed by atoms with Crippen molar-refractivity contribution >= 4 is 32.7 Å². The van der Waals surface area contributed by atoms with Gasteiger partial charge in [-0.1, -0.05) is 0 Å². The Morgan fingerprint density at radius 1 is 1.31 bits per heavy atom. The number of sulfonamides is 1. The molecular weight excluding hydrogens is 396 g/mol. The van der Waals surface area contributed by atoms with E-state index in [0.29, 0.717) is 30.6 Å². The minimum absolute atomic E-state index is 0.0349. The molecular formula is C19H20N4O5S. The molecule has 29 heavy (non-hydrogen) atoms. The molecule has 1 aliphatic rings. The van der Waals surface area contributed by atoms with Gasteiger partial charge in [0.2, 0.25) is 15.9 Å². The van der Waals surface area contributed by atoms with Gasteiger partial charge in [-0.25, -0.2) is 13.2 Å². The SMILES string of the molecule is Cn1c(=O)oc2cc(S(=O)(=O)N3CCC[C@H](C(=O)Nc4cccnc4)C3)ccc21. The van der Waals surface area contributed by atoms with E-state index in [1.807, 2.05) is 0 Å². The Kier molecular flexibility index (Phi) is 4.97. The number of amides is 1. The minimum atomic E-state index is -3.83. The first-order valence-corrected chi connectivity index (χ1v) is 10.6. The number of benzene rings is 1. The number of nitrogens with one attached hydrogen (secondary N) is 1. The zero-order valence-corrected chi connectivity index (χ0v) is 16.6. The van der Waals surface area contributed by atoms with Crippen LogP contribution in [0.25, 0.3) is 11.1 Å². The molecule has 1 N–H and O–H groups in total. The number of carbonyl (C=O) groups excluding carboxylic acids is 1. The van der Waals surface area contributed by atoms with E-state index in [0.717, 1.165) is 0 Å². The van der Waals surface area contributed by atoms with Crippen molar-refractivity contribution in [1.82, 2.24) is 13.9 Å². The lowest BCUT2D eigenvalue weighted by Gasteiger charge is -2.31. The van der Waals surface area contributed by atoms with Crippen LogP contribution in [0, 0.1) is 5.92 Å². The van der Waals surface area contributed by atoms with Crippen LogP contribution < -0.4 is 11.1 Å². The van der Waals surface area contributed by atoms with E-state index < -0.39 is 21.7 Å². The molecule has 3 heterocycles. The smallest absolute Gasteiger partial charge is 0.408 e. The molecule has 0 spiro atoms. The van der Waals surface area contributed by atoms with Crippen molar-refractivity contribution in [3.05, 3.63) is 53.3 Å². The molecule has 4 rings (SSSR count). The third kappa shape index (κ3) is 3.68. The first-order valence-electron chi connectivity index (χ1n) is 9.17. The highest BCUT2D eigenvalue weighted by molar-refractivity contribution is 7.89. The normalized spacial score (nSPS) is 18.0. The Hall–Kier alpha value is -2.98. The molecule has 0 saturated carbocycles. The molecule has 2 aromatic heterocycles. The second kappa shape index (κ2) is 7.45. The Bertz CT molecular complexity index is 1220. The number of oxazole rings is 1. The first kappa shape index (κ1) is 19.3. The van der Waals surface area contributed by atoms with Crippen LogP contribution in [0.1, 0.15) is 12.8 Å². The van der Waals surface area contributed by atoms with Gasteiger partial charge in [0.05, 0.1) is 28.2 Å². The lowest BCUT2D eigenvalue weighted by molar-refractivity contribution is -0.120. The van der Waals surface area contributed by atoms with Crippen molar-refractivity contribution in [3.8, 4) is 0 Å². The van der Waals surface area contributed by atoms with Gasteiger partial charge in [-0.05, 0) is 37.1 Å². The monoisotopic (exact) mass is 416 g/mol. The molecule has 152 valence electrons. The summed E-state index contributed by atoms with van der Waals surface area (Å²) in [4.78, 5) is 28.2. The molecule has 9 nitrogen and oxygen atoms in total. The average molecular weight is 416 g/mol. The number of nitrogens with zero attached hydrogens (tertiary/aromatic N) is 3. The number of piperidine rings is 1. The molecule has 0 aliphatic carbocycles. The number of aryl methyl sites for hydroxylation is 1. The molecule has 0 bridgehead atoms. The summed E-state index contributed by atoms with van der Waals surface area (Å²) in [5.74, 6) is -1.25. The standard InChI is InChI=1S/C19H20N4O5S/c1-22-16-7-6-15(10-17(16)28-19(22)25)29(26,27)23-9-3-4-13(12-23)18(24)21-14-5-2-8-20-11-14/h2,5-8,10-11,13H,3-4,9,12H2,1H3,(H,21,24)/t13-/m0/s1. The molecule has 1 aliphatic heterocycles. The van der Waals surface area contributed by atoms with Crippen LogP contribution in [0.5, 0.6) is 0 Å². The highest BCUT2D eigenvalue weighted by Gasteiger charge is 2.33. The summed E-state index contributed by atoms with van der Waals surface area (Å²) in [6.07, 6.45) is 4.33. The number of carbonyl (C=O) groups is 1. The maximum absolute atomic E-state index is 13.1. The van der Waals surface area contributed by atoms with E-state index in [2.05, 4.69) is 10.3 Å². The summed E-state index contributed by atoms with van der Waals surface area (Å²) in [6.45, 7) is 0.418. The number of rotatable bonds is 4. The number of anilines is 1. The zero-order valence-electron chi connectivity index (χ0n) is 15.7. The predicted octanol–water partition coefficient (Wildman–Crippen LogP) is 1.57. The summed E-state index contributed by atoms with van der Waals surface area (Å²) in [6, 6.07) is 7.79. The second-order valence-corrected chi connectivity index (χ2v) is 8.93. The predicted molar refractivity (Wildman–Crippen MR) is 106 cm³/mol. The molecule has 3 aromatic rings. The molecule has 10 heteroatoms.